The number of hydrogen-bond donors (Lipinski definition) is 1. The Morgan fingerprint density at radius 2 is 1.95 bits per heavy atom. The molecule has 0 aliphatic carbocycles. The maximum absolute atomic E-state index is 13.7. The summed E-state index contributed by atoms with van der Waals surface area (Å²) in [6.45, 7) is 1.97. The van der Waals surface area contributed by atoms with Gasteiger partial charge in [-0.25, -0.2) is 4.79 Å². The van der Waals surface area contributed by atoms with Crippen LogP contribution in [0.4, 0.5) is 8.78 Å². The monoisotopic (exact) mass is 312 g/mol. The lowest BCUT2D eigenvalue weighted by Gasteiger charge is -2.18. The van der Waals surface area contributed by atoms with Crippen molar-refractivity contribution in [3.8, 4) is 0 Å². The van der Waals surface area contributed by atoms with Gasteiger partial charge >= 0.3 is 11.9 Å². The Morgan fingerprint density at radius 1 is 1.27 bits per heavy atom. The number of hydrogen-bond acceptors (Lipinski definition) is 3. The van der Waals surface area contributed by atoms with Gasteiger partial charge in [-0.3, -0.25) is 0 Å². The van der Waals surface area contributed by atoms with Crippen molar-refractivity contribution in [3.05, 3.63) is 42.0 Å². The first-order valence-corrected chi connectivity index (χ1v) is 7.44. The summed E-state index contributed by atoms with van der Waals surface area (Å²) < 4.78 is 32.0. The number of aliphatic hydroxyl groups is 1. The number of ether oxygens (including phenoxy) is 1. The molecule has 0 aliphatic heterocycles. The summed E-state index contributed by atoms with van der Waals surface area (Å²) in [6, 6.07) is 8.68. The molecule has 1 N–H and O–H groups in total. The summed E-state index contributed by atoms with van der Waals surface area (Å²) in [7, 11) is 0. The van der Waals surface area contributed by atoms with Gasteiger partial charge in [-0.15, -0.1) is 0 Å². The Morgan fingerprint density at radius 3 is 2.59 bits per heavy atom. The molecule has 0 aromatic heterocycles. The molecule has 1 rings (SSSR count). The highest BCUT2D eigenvalue weighted by atomic mass is 19.3. The van der Waals surface area contributed by atoms with Crippen LogP contribution in [0.3, 0.4) is 0 Å². The molecule has 1 unspecified atom stereocenters. The molecular weight excluding hydrogens is 290 g/mol. The molecule has 0 radical (unpaired) electrons. The van der Waals surface area contributed by atoms with Gasteiger partial charge in [-0.1, -0.05) is 62.6 Å². The molecule has 1 atom stereocenters. The van der Waals surface area contributed by atoms with Crippen LogP contribution in [0.1, 0.15) is 38.2 Å². The fourth-order valence-corrected chi connectivity index (χ4v) is 1.80. The molecular formula is C17H22F2O3. The largest absolute Gasteiger partial charge is 0.461 e. The highest BCUT2D eigenvalue weighted by Gasteiger charge is 2.47. The molecule has 0 saturated carbocycles. The van der Waals surface area contributed by atoms with Crippen LogP contribution in [0.2, 0.25) is 0 Å². The van der Waals surface area contributed by atoms with E-state index >= 15 is 0 Å². The molecule has 0 spiro atoms. The molecule has 5 heteroatoms. The van der Waals surface area contributed by atoms with Crippen LogP contribution < -0.4 is 0 Å². The zero-order chi connectivity index (χ0) is 16.4. The molecule has 0 amide bonds. The van der Waals surface area contributed by atoms with Gasteiger partial charge in [0.2, 0.25) is 0 Å². The van der Waals surface area contributed by atoms with E-state index in [9.17, 15) is 18.7 Å². The first-order valence-electron chi connectivity index (χ1n) is 7.44. The van der Waals surface area contributed by atoms with E-state index in [1.54, 1.807) is 30.3 Å². The Bertz CT molecular complexity index is 472. The number of alkyl halides is 2. The van der Waals surface area contributed by atoms with Crippen LogP contribution in [-0.4, -0.2) is 29.7 Å². The molecule has 0 heterocycles. The minimum Gasteiger partial charge on any atom is -0.461 e. The smallest absolute Gasteiger partial charge is 0.380 e. The van der Waals surface area contributed by atoms with Gasteiger partial charge in [0.15, 0.2) is 0 Å². The second-order valence-corrected chi connectivity index (χ2v) is 5.03. The molecule has 1 aromatic carbocycles. The summed E-state index contributed by atoms with van der Waals surface area (Å²) in [5.74, 6) is -5.63. The normalized spacial score (nSPS) is 13.3. The minimum atomic E-state index is -3.95. The van der Waals surface area contributed by atoms with Gasteiger partial charge in [0, 0.05) is 0 Å². The van der Waals surface area contributed by atoms with Crippen LogP contribution in [0.5, 0.6) is 0 Å². The van der Waals surface area contributed by atoms with Crippen molar-refractivity contribution >= 4 is 12.0 Å². The number of unbranched alkanes of at least 4 members (excludes halogenated alkanes) is 3. The second kappa shape index (κ2) is 9.30. The standard InChI is InChI=1S/C17H22F2O3/c1-2-3-4-8-13-22-16(21)17(18,19)15(20)12-11-14-9-6-5-7-10-14/h5-7,9-12,15,20H,2-4,8,13H2,1H3/b12-11+. The number of halogens is 2. The molecule has 22 heavy (non-hydrogen) atoms. The Balaban J connectivity index is 2.49. The highest BCUT2D eigenvalue weighted by molar-refractivity contribution is 5.79. The average Bonchev–Trinajstić information content (AvgIpc) is 2.53. The first-order chi connectivity index (χ1) is 10.5. The second-order valence-electron chi connectivity index (χ2n) is 5.03. The van der Waals surface area contributed by atoms with Gasteiger partial charge in [-0.2, -0.15) is 8.78 Å². The number of carbonyl (C=O) groups excluding carboxylic acids is 1. The molecule has 0 saturated heterocycles. The summed E-state index contributed by atoms with van der Waals surface area (Å²) >= 11 is 0. The zero-order valence-electron chi connectivity index (χ0n) is 12.7. The fraction of sp³-hybridized carbons (Fsp3) is 0.471. The lowest BCUT2D eigenvalue weighted by molar-refractivity contribution is -0.183. The van der Waals surface area contributed by atoms with Crippen LogP contribution in [-0.2, 0) is 9.53 Å². The number of esters is 1. The van der Waals surface area contributed by atoms with Crippen LogP contribution >= 0.6 is 0 Å². The van der Waals surface area contributed by atoms with E-state index in [0.717, 1.165) is 25.3 Å². The molecule has 0 bridgehead atoms. The number of aliphatic hydroxyl groups excluding tert-OH is 1. The Kier molecular flexibility index (Phi) is 7.74. The van der Waals surface area contributed by atoms with E-state index in [-0.39, 0.29) is 6.61 Å². The predicted octanol–water partition coefficient (Wildman–Crippen LogP) is 3.82. The van der Waals surface area contributed by atoms with Crippen molar-refractivity contribution < 1.29 is 23.4 Å². The minimum absolute atomic E-state index is 0.0520. The topological polar surface area (TPSA) is 46.5 Å². The number of benzene rings is 1. The highest BCUT2D eigenvalue weighted by Crippen LogP contribution is 2.22. The van der Waals surface area contributed by atoms with Crippen LogP contribution in [0, 0.1) is 0 Å². The van der Waals surface area contributed by atoms with Gasteiger partial charge in [-0.05, 0) is 18.1 Å². The van der Waals surface area contributed by atoms with Gasteiger partial charge < -0.3 is 9.84 Å². The van der Waals surface area contributed by atoms with Crippen LogP contribution in [0.15, 0.2) is 36.4 Å². The fourth-order valence-electron chi connectivity index (χ4n) is 1.80. The number of carbonyl (C=O) groups is 1. The number of rotatable bonds is 9. The van der Waals surface area contributed by atoms with E-state index in [4.69, 9.17) is 0 Å². The van der Waals surface area contributed by atoms with E-state index in [1.807, 2.05) is 6.92 Å². The van der Waals surface area contributed by atoms with Gasteiger partial charge in [0.25, 0.3) is 0 Å². The maximum atomic E-state index is 13.7. The van der Waals surface area contributed by atoms with Crippen LogP contribution in [0.25, 0.3) is 6.08 Å². The SMILES string of the molecule is CCCCCCOC(=O)C(F)(F)C(O)/C=C/c1ccccc1. The van der Waals surface area contributed by atoms with E-state index in [2.05, 4.69) is 4.74 Å². The molecule has 3 nitrogen and oxygen atoms in total. The van der Waals surface area contributed by atoms with Crippen molar-refractivity contribution in [2.24, 2.45) is 0 Å². The maximum Gasteiger partial charge on any atom is 0.380 e. The molecule has 122 valence electrons. The van der Waals surface area contributed by atoms with Crippen molar-refractivity contribution in [2.75, 3.05) is 6.61 Å². The third kappa shape index (κ3) is 5.93. The Hall–Kier alpha value is -1.75. The molecule has 0 fully saturated rings. The van der Waals surface area contributed by atoms with Crippen molar-refractivity contribution in [1.82, 2.24) is 0 Å². The van der Waals surface area contributed by atoms with Gasteiger partial charge in [0.05, 0.1) is 6.61 Å². The predicted molar refractivity (Wildman–Crippen MR) is 81.5 cm³/mol. The molecule has 0 aliphatic rings. The van der Waals surface area contributed by atoms with E-state index < -0.39 is 18.0 Å². The van der Waals surface area contributed by atoms with Crippen molar-refractivity contribution in [3.63, 3.8) is 0 Å². The third-order valence-electron chi connectivity index (χ3n) is 3.15. The average molecular weight is 312 g/mol. The van der Waals surface area contributed by atoms with Crippen molar-refractivity contribution in [2.45, 2.75) is 44.6 Å². The van der Waals surface area contributed by atoms with Crippen molar-refractivity contribution in [1.29, 1.82) is 0 Å². The third-order valence-corrected chi connectivity index (χ3v) is 3.15. The van der Waals surface area contributed by atoms with E-state index in [0.29, 0.717) is 12.0 Å². The van der Waals surface area contributed by atoms with E-state index in [1.165, 1.54) is 6.08 Å². The summed E-state index contributed by atoms with van der Waals surface area (Å²) in [5, 5.41) is 9.51. The summed E-state index contributed by atoms with van der Waals surface area (Å²) in [4.78, 5) is 11.4. The lowest BCUT2D eigenvalue weighted by atomic mass is 10.1. The molecule has 1 aromatic rings. The zero-order valence-corrected chi connectivity index (χ0v) is 12.7. The Labute approximate surface area is 129 Å². The summed E-state index contributed by atoms with van der Waals surface area (Å²) in [5.41, 5.74) is 0.658. The van der Waals surface area contributed by atoms with Gasteiger partial charge in [0.1, 0.15) is 6.10 Å². The first kappa shape index (κ1) is 18.3. The quantitative estimate of drug-likeness (QED) is 0.557. The summed E-state index contributed by atoms with van der Waals surface area (Å²) in [6.07, 6.45) is 3.37. The lowest BCUT2D eigenvalue weighted by Crippen LogP contribution is -2.41.